The van der Waals surface area contributed by atoms with Crippen LogP contribution < -0.4 is 21.3 Å². The van der Waals surface area contributed by atoms with E-state index in [1.165, 1.54) is 19.8 Å². The van der Waals surface area contributed by atoms with E-state index in [0.717, 1.165) is 36.2 Å². The summed E-state index contributed by atoms with van der Waals surface area (Å²) in [5.74, 6) is 0.444. The van der Waals surface area contributed by atoms with E-state index in [2.05, 4.69) is 33.4 Å². The van der Waals surface area contributed by atoms with Gasteiger partial charge in [-0.2, -0.15) is 0 Å². The van der Waals surface area contributed by atoms with Crippen molar-refractivity contribution in [3.8, 4) is 0 Å². The Bertz CT molecular complexity index is 1190. The molecule has 4 N–H and O–H groups in total. The number of likely N-dealkylation sites (tertiary alicyclic amines) is 1. The summed E-state index contributed by atoms with van der Waals surface area (Å²) in [5.41, 5.74) is 2.80. The quantitative estimate of drug-likeness (QED) is 0.409. The lowest BCUT2D eigenvalue weighted by Crippen LogP contribution is -2.55. The van der Waals surface area contributed by atoms with Crippen LogP contribution >= 0.6 is 0 Å². The zero-order valence-electron chi connectivity index (χ0n) is 23.1. The van der Waals surface area contributed by atoms with Gasteiger partial charge in [0.15, 0.2) is 0 Å². The molecule has 2 saturated heterocycles. The lowest BCUT2D eigenvalue weighted by atomic mass is 10.1. The number of nitrogens with one attached hydrogen (secondary N) is 4. The van der Waals surface area contributed by atoms with Gasteiger partial charge < -0.3 is 31.1 Å². The van der Waals surface area contributed by atoms with E-state index in [-0.39, 0.29) is 29.9 Å². The van der Waals surface area contributed by atoms with E-state index in [9.17, 15) is 14.4 Å². The normalized spacial score (nSPS) is 22.4. The highest BCUT2D eigenvalue weighted by molar-refractivity contribution is 5.88. The average molecular weight is 545 g/mol. The first-order valence-electron chi connectivity index (χ1n) is 14.4. The van der Waals surface area contributed by atoms with Crippen molar-refractivity contribution in [2.45, 2.75) is 50.7 Å². The van der Waals surface area contributed by atoms with Gasteiger partial charge in [0.1, 0.15) is 6.04 Å². The molecule has 9 nitrogen and oxygen atoms in total. The van der Waals surface area contributed by atoms with Crippen LogP contribution in [0.5, 0.6) is 0 Å². The Hall–Kier alpha value is -3.85. The third-order valence-electron chi connectivity index (χ3n) is 7.90. The topological polar surface area (TPSA) is 106 Å². The minimum absolute atomic E-state index is 0.000663. The van der Waals surface area contributed by atoms with Crippen LogP contribution in [0.4, 0.5) is 4.79 Å². The van der Waals surface area contributed by atoms with E-state index in [4.69, 9.17) is 0 Å². The molecule has 9 heteroatoms. The Morgan fingerprint density at radius 3 is 2.30 bits per heavy atom. The molecule has 0 spiro atoms. The highest BCUT2D eigenvalue weighted by Gasteiger charge is 2.36. The zero-order chi connectivity index (χ0) is 27.9. The standard InChI is InChI=1S/C31H40N6O3/c1-22(38)34-27(24-8-4-2-5-9-24)18-32-26-14-16-36(17-15-26)31(40)35-28-19-33-29(25-10-6-3-7-11-25)21-37(30(28)39)20-23-12-13-23/h2-11,18,23,26,28-29,32-33H,12-17,19-21H2,1H3,(H,34,38)(H,35,40)/b27-18-/t28-,29+/m0/s1. The second kappa shape index (κ2) is 13.0. The van der Waals surface area contributed by atoms with Gasteiger partial charge in [-0.3, -0.25) is 9.59 Å². The summed E-state index contributed by atoms with van der Waals surface area (Å²) < 4.78 is 0. The number of nitrogens with zero attached hydrogens (tertiary/aromatic N) is 2. The van der Waals surface area contributed by atoms with Crippen LogP contribution in [0.2, 0.25) is 0 Å². The van der Waals surface area contributed by atoms with Crippen molar-refractivity contribution >= 4 is 23.5 Å². The summed E-state index contributed by atoms with van der Waals surface area (Å²) in [6.07, 6.45) is 5.73. The highest BCUT2D eigenvalue weighted by atomic mass is 16.2. The molecule has 0 radical (unpaired) electrons. The van der Waals surface area contributed by atoms with Crippen molar-refractivity contribution < 1.29 is 14.4 Å². The summed E-state index contributed by atoms with van der Waals surface area (Å²) in [6.45, 7) is 4.44. The van der Waals surface area contributed by atoms with Crippen LogP contribution in [0.15, 0.2) is 66.9 Å². The molecule has 2 atom stereocenters. The zero-order valence-corrected chi connectivity index (χ0v) is 23.1. The lowest BCUT2D eigenvalue weighted by molar-refractivity contribution is -0.132. The number of urea groups is 1. The minimum Gasteiger partial charge on any atom is -0.386 e. The van der Waals surface area contributed by atoms with Gasteiger partial charge in [0.05, 0.1) is 5.70 Å². The Balaban J connectivity index is 1.16. The lowest BCUT2D eigenvalue weighted by Gasteiger charge is -2.33. The van der Waals surface area contributed by atoms with Crippen LogP contribution in [-0.2, 0) is 9.59 Å². The molecule has 0 unspecified atom stereocenters. The van der Waals surface area contributed by atoms with Crippen molar-refractivity contribution in [3.05, 3.63) is 78.0 Å². The van der Waals surface area contributed by atoms with Gasteiger partial charge in [0.2, 0.25) is 11.8 Å². The molecule has 2 aliphatic heterocycles. The summed E-state index contributed by atoms with van der Waals surface area (Å²) in [4.78, 5) is 42.2. The molecule has 1 saturated carbocycles. The number of carbonyl (C=O) groups excluding carboxylic acids is 3. The third kappa shape index (κ3) is 7.41. The first-order valence-corrected chi connectivity index (χ1v) is 14.4. The fourth-order valence-corrected chi connectivity index (χ4v) is 5.43. The van der Waals surface area contributed by atoms with Crippen LogP contribution in [0, 0.1) is 5.92 Å². The molecule has 2 aromatic rings. The fraction of sp³-hybridized carbons (Fsp3) is 0.452. The van der Waals surface area contributed by atoms with Crippen LogP contribution in [0.3, 0.4) is 0 Å². The van der Waals surface area contributed by atoms with Gasteiger partial charge in [0, 0.05) is 57.9 Å². The maximum absolute atomic E-state index is 13.5. The van der Waals surface area contributed by atoms with Crippen molar-refractivity contribution in [1.82, 2.24) is 31.1 Å². The SMILES string of the molecule is CC(=O)N/C(=C\NC1CCN(C(=O)N[C@H]2CN[C@@H](c3ccccc3)CN(CC3CC3)C2=O)CC1)c1ccccc1. The smallest absolute Gasteiger partial charge is 0.318 e. The molecule has 2 heterocycles. The van der Waals surface area contributed by atoms with Crippen LogP contribution in [0.25, 0.3) is 5.70 Å². The number of hydrogen-bond acceptors (Lipinski definition) is 5. The Labute approximate surface area is 236 Å². The summed E-state index contributed by atoms with van der Waals surface area (Å²) >= 11 is 0. The Kier molecular flexibility index (Phi) is 9.01. The molecule has 3 aliphatic rings. The molecular formula is C31H40N6O3. The van der Waals surface area contributed by atoms with E-state index in [1.807, 2.05) is 59.6 Å². The first-order chi connectivity index (χ1) is 19.5. The summed E-state index contributed by atoms with van der Waals surface area (Å²) in [7, 11) is 0. The van der Waals surface area contributed by atoms with Crippen LogP contribution in [0.1, 0.15) is 49.8 Å². The van der Waals surface area contributed by atoms with Gasteiger partial charge in [-0.25, -0.2) is 4.79 Å². The van der Waals surface area contributed by atoms with E-state index in [0.29, 0.717) is 32.1 Å². The number of benzene rings is 2. The molecule has 4 amide bonds. The largest absolute Gasteiger partial charge is 0.386 e. The molecule has 1 aliphatic carbocycles. The number of hydrogen-bond donors (Lipinski definition) is 4. The van der Waals surface area contributed by atoms with Gasteiger partial charge in [-0.15, -0.1) is 0 Å². The van der Waals surface area contributed by atoms with Crippen molar-refractivity contribution in [1.29, 1.82) is 0 Å². The molecule has 5 rings (SSSR count). The Morgan fingerprint density at radius 2 is 1.65 bits per heavy atom. The van der Waals surface area contributed by atoms with E-state index < -0.39 is 6.04 Å². The predicted octanol–water partition coefficient (Wildman–Crippen LogP) is 2.84. The average Bonchev–Trinajstić information content (AvgIpc) is 3.82. The molecule has 3 fully saturated rings. The molecule has 40 heavy (non-hydrogen) atoms. The number of carbonyl (C=O) groups is 3. The van der Waals surface area contributed by atoms with Gasteiger partial charge >= 0.3 is 6.03 Å². The number of rotatable bonds is 8. The first kappa shape index (κ1) is 27.7. The maximum Gasteiger partial charge on any atom is 0.318 e. The minimum atomic E-state index is -0.593. The van der Waals surface area contributed by atoms with Gasteiger partial charge in [-0.05, 0) is 42.7 Å². The summed E-state index contributed by atoms with van der Waals surface area (Å²) in [5, 5.41) is 12.9. The number of amides is 4. The number of piperidine rings is 1. The molecule has 0 aromatic heterocycles. The monoisotopic (exact) mass is 544 g/mol. The van der Waals surface area contributed by atoms with Gasteiger partial charge in [0.25, 0.3) is 0 Å². The molecular weight excluding hydrogens is 504 g/mol. The van der Waals surface area contributed by atoms with E-state index in [1.54, 1.807) is 4.90 Å². The maximum atomic E-state index is 13.5. The predicted molar refractivity (Wildman–Crippen MR) is 155 cm³/mol. The Morgan fingerprint density at radius 1 is 0.975 bits per heavy atom. The van der Waals surface area contributed by atoms with Crippen molar-refractivity contribution in [2.75, 3.05) is 32.7 Å². The van der Waals surface area contributed by atoms with Gasteiger partial charge in [-0.1, -0.05) is 60.7 Å². The molecule has 212 valence electrons. The third-order valence-corrected chi connectivity index (χ3v) is 7.90. The second-order valence-corrected chi connectivity index (χ2v) is 11.1. The fourth-order valence-electron chi connectivity index (χ4n) is 5.43. The highest BCUT2D eigenvalue weighted by Crippen LogP contribution is 2.31. The van der Waals surface area contributed by atoms with Crippen molar-refractivity contribution in [2.24, 2.45) is 5.92 Å². The molecule has 2 aromatic carbocycles. The summed E-state index contributed by atoms with van der Waals surface area (Å²) in [6, 6.07) is 19.4. The van der Waals surface area contributed by atoms with Crippen molar-refractivity contribution in [3.63, 3.8) is 0 Å². The van der Waals surface area contributed by atoms with Crippen LogP contribution in [-0.4, -0.2) is 72.5 Å². The second-order valence-electron chi connectivity index (χ2n) is 11.1. The molecule has 0 bridgehead atoms. The van der Waals surface area contributed by atoms with E-state index >= 15 is 0 Å².